The van der Waals surface area contributed by atoms with Crippen molar-refractivity contribution in [3.05, 3.63) is 89.1 Å². The maximum atomic E-state index is 13.2. The summed E-state index contributed by atoms with van der Waals surface area (Å²) in [5.41, 5.74) is 3.06. The minimum atomic E-state index is -0.261. The third-order valence-corrected chi connectivity index (χ3v) is 6.14. The summed E-state index contributed by atoms with van der Waals surface area (Å²) in [6.07, 6.45) is 4.63. The minimum Gasteiger partial charge on any atom is -0.366 e. The van der Waals surface area contributed by atoms with Crippen LogP contribution < -0.4 is 0 Å². The van der Waals surface area contributed by atoms with Crippen LogP contribution >= 0.6 is 11.6 Å². The topological polar surface area (TPSA) is 40.6 Å². The maximum absolute atomic E-state index is 13.2. The van der Waals surface area contributed by atoms with Gasteiger partial charge in [0.25, 0.3) is 11.8 Å². The normalized spacial score (nSPS) is 17.8. The number of benzene rings is 2. The maximum Gasteiger partial charge on any atom is 0.278 e. The molecule has 2 aliphatic rings. The van der Waals surface area contributed by atoms with Crippen molar-refractivity contribution in [2.24, 2.45) is 5.92 Å². The fourth-order valence-electron chi connectivity index (χ4n) is 4.34. The summed E-state index contributed by atoms with van der Waals surface area (Å²) in [5.74, 6) is 0.0923. The van der Waals surface area contributed by atoms with E-state index in [2.05, 4.69) is 35.7 Å². The second kappa shape index (κ2) is 8.88. The van der Waals surface area contributed by atoms with E-state index in [-0.39, 0.29) is 18.4 Å². The van der Waals surface area contributed by atoms with Crippen LogP contribution in [-0.2, 0) is 16.0 Å². The van der Waals surface area contributed by atoms with Crippen LogP contribution in [0, 0.1) is 5.92 Å². The number of rotatable bonds is 6. The van der Waals surface area contributed by atoms with Gasteiger partial charge in [0.05, 0.1) is 5.57 Å². The first-order chi connectivity index (χ1) is 14.6. The van der Waals surface area contributed by atoms with Crippen molar-refractivity contribution in [2.75, 3.05) is 19.6 Å². The Kier molecular flexibility index (Phi) is 6.05. The molecule has 2 aromatic carbocycles. The third-order valence-electron chi connectivity index (χ3n) is 5.89. The third kappa shape index (κ3) is 4.05. The van der Waals surface area contributed by atoms with Crippen molar-refractivity contribution >= 4 is 29.0 Å². The van der Waals surface area contributed by atoms with Gasteiger partial charge in [-0.2, -0.15) is 0 Å². The molecule has 4 rings (SSSR count). The molecule has 2 heterocycles. The molecule has 2 aromatic rings. The Hall–Kier alpha value is -2.85. The predicted molar refractivity (Wildman–Crippen MR) is 120 cm³/mol. The van der Waals surface area contributed by atoms with Gasteiger partial charge < -0.3 is 4.90 Å². The highest BCUT2D eigenvalue weighted by atomic mass is 35.5. The molecule has 0 radical (unpaired) electrons. The summed E-state index contributed by atoms with van der Waals surface area (Å²) in [6.45, 7) is 5.44. The smallest absolute Gasteiger partial charge is 0.278 e. The molecule has 0 unspecified atom stereocenters. The lowest BCUT2D eigenvalue weighted by Crippen LogP contribution is -2.39. The minimum absolute atomic E-state index is 0.211. The molecular formula is C25H25ClN2O2. The van der Waals surface area contributed by atoms with Gasteiger partial charge in [0, 0.05) is 24.7 Å². The van der Waals surface area contributed by atoms with E-state index in [0.29, 0.717) is 22.2 Å². The lowest BCUT2D eigenvalue weighted by Gasteiger charge is -2.34. The van der Waals surface area contributed by atoms with Gasteiger partial charge in [-0.05, 0) is 48.4 Å². The molecule has 0 bridgehead atoms. The highest BCUT2D eigenvalue weighted by Crippen LogP contribution is 2.34. The molecule has 0 aromatic heterocycles. The van der Waals surface area contributed by atoms with Crippen LogP contribution in [0.4, 0.5) is 0 Å². The zero-order chi connectivity index (χ0) is 21.1. The molecule has 0 saturated carbocycles. The summed E-state index contributed by atoms with van der Waals surface area (Å²) in [4.78, 5) is 29.6. The summed E-state index contributed by atoms with van der Waals surface area (Å²) in [7, 11) is 0. The second-order valence-electron chi connectivity index (χ2n) is 7.86. The van der Waals surface area contributed by atoms with Crippen LogP contribution in [0.15, 0.2) is 72.9 Å². The summed E-state index contributed by atoms with van der Waals surface area (Å²) >= 11 is 6.03. The monoisotopic (exact) mass is 420 g/mol. The number of piperidine rings is 1. The van der Waals surface area contributed by atoms with E-state index in [4.69, 9.17) is 11.6 Å². The number of carbonyl (C=O) groups excluding carboxylic acids is 2. The van der Waals surface area contributed by atoms with Gasteiger partial charge in [0.1, 0.15) is 5.70 Å². The van der Waals surface area contributed by atoms with E-state index < -0.39 is 0 Å². The van der Waals surface area contributed by atoms with E-state index in [0.717, 1.165) is 37.9 Å². The van der Waals surface area contributed by atoms with E-state index in [1.165, 1.54) is 10.5 Å². The van der Waals surface area contributed by atoms with Crippen molar-refractivity contribution in [3.63, 3.8) is 0 Å². The molecule has 1 fully saturated rings. The van der Waals surface area contributed by atoms with Crippen LogP contribution in [0.2, 0.25) is 5.02 Å². The van der Waals surface area contributed by atoms with Gasteiger partial charge in [-0.15, -0.1) is 6.58 Å². The molecule has 1 saturated heterocycles. The fourth-order valence-corrected chi connectivity index (χ4v) is 4.46. The van der Waals surface area contributed by atoms with Gasteiger partial charge in [0.15, 0.2) is 0 Å². The standard InChI is InChI=1S/C25H25ClN2O2/c1-2-14-28-24(29)22(20-8-10-21(26)11-9-20)23(25(28)30)27-15-12-19(13-16-27)17-18-6-4-3-5-7-18/h2-11,19H,1,12-17H2. The quantitative estimate of drug-likeness (QED) is 0.508. The number of amides is 2. The molecule has 0 spiro atoms. The lowest BCUT2D eigenvalue weighted by molar-refractivity contribution is -0.137. The number of nitrogens with zero attached hydrogens (tertiary/aromatic N) is 2. The molecule has 2 amide bonds. The molecule has 0 aliphatic carbocycles. The van der Waals surface area contributed by atoms with Crippen molar-refractivity contribution in [1.29, 1.82) is 0 Å². The van der Waals surface area contributed by atoms with Crippen molar-refractivity contribution < 1.29 is 9.59 Å². The number of imide groups is 1. The molecule has 0 N–H and O–H groups in total. The van der Waals surface area contributed by atoms with E-state index in [1.807, 2.05) is 18.2 Å². The average molecular weight is 421 g/mol. The Bertz CT molecular complexity index is 974. The molecular weight excluding hydrogens is 396 g/mol. The number of carbonyl (C=O) groups is 2. The van der Waals surface area contributed by atoms with E-state index in [1.54, 1.807) is 18.2 Å². The Morgan fingerprint density at radius 1 is 0.967 bits per heavy atom. The van der Waals surface area contributed by atoms with Crippen molar-refractivity contribution in [1.82, 2.24) is 9.80 Å². The fraction of sp³-hybridized carbons (Fsp3) is 0.280. The van der Waals surface area contributed by atoms with Crippen LogP contribution in [-0.4, -0.2) is 41.2 Å². The summed E-state index contributed by atoms with van der Waals surface area (Å²) in [5, 5.41) is 0.599. The predicted octanol–water partition coefficient (Wildman–Crippen LogP) is 4.56. The van der Waals surface area contributed by atoms with Gasteiger partial charge in [-0.3, -0.25) is 14.5 Å². The SMILES string of the molecule is C=CCN1C(=O)C(c2ccc(Cl)cc2)=C(N2CCC(Cc3ccccc3)CC2)C1=O. The van der Waals surface area contributed by atoms with Gasteiger partial charge >= 0.3 is 0 Å². The highest BCUT2D eigenvalue weighted by Gasteiger charge is 2.41. The molecule has 30 heavy (non-hydrogen) atoms. The van der Waals surface area contributed by atoms with E-state index >= 15 is 0 Å². The van der Waals surface area contributed by atoms with Crippen molar-refractivity contribution in [3.8, 4) is 0 Å². The number of likely N-dealkylation sites (tertiary alicyclic amines) is 1. The molecule has 5 heteroatoms. The van der Waals surface area contributed by atoms with Crippen LogP contribution in [0.1, 0.15) is 24.0 Å². The van der Waals surface area contributed by atoms with Crippen LogP contribution in [0.25, 0.3) is 5.57 Å². The number of halogens is 1. The first-order valence-electron chi connectivity index (χ1n) is 10.3. The number of hydrogen-bond donors (Lipinski definition) is 0. The second-order valence-corrected chi connectivity index (χ2v) is 8.30. The first kappa shape index (κ1) is 20.4. The molecule has 154 valence electrons. The zero-order valence-electron chi connectivity index (χ0n) is 16.9. The van der Waals surface area contributed by atoms with Gasteiger partial charge in [0.2, 0.25) is 0 Å². The molecule has 4 nitrogen and oxygen atoms in total. The van der Waals surface area contributed by atoms with Crippen LogP contribution in [0.3, 0.4) is 0 Å². The molecule has 2 aliphatic heterocycles. The largest absolute Gasteiger partial charge is 0.366 e. The molecule has 0 atom stereocenters. The van der Waals surface area contributed by atoms with Crippen molar-refractivity contribution in [2.45, 2.75) is 19.3 Å². The Morgan fingerprint density at radius 3 is 2.27 bits per heavy atom. The Balaban J connectivity index is 1.57. The lowest BCUT2D eigenvalue weighted by atomic mass is 9.89. The highest BCUT2D eigenvalue weighted by molar-refractivity contribution is 6.36. The Morgan fingerprint density at radius 2 is 1.63 bits per heavy atom. The summed E-state index contributed by atoms with van der Waals surface area (Å²) < 4.78 is 0. The van der Waals surface area contributed by atoms with Gasteiger partial charge in [-0.25, -0.2) is 0 Å². The van der Waals surface area contributed by atoms with Gasteiger partial charge in [-0.1, -0.05) is 60.1 Å². The average Bonchev–Trinajstić information content (AvgIpc) is 3.01. The summed E-state index contributed by atoms with van der Waals surface area (Å²) in [6, 6.07) is 17.6. The first-order valence-corrected chi connectivity index (χ1v) is 10.7. The zero-order valence-corrected chi connectivity index (χ0v) is 17.6. The van der Waals surface area contributed by atoms with Crippen LogP contribution in [0.5, 0.6) is 0 Å². The van der Waals surface area contributed by atoms with E-state index in [9.17, 15) is 9.59 Å². The number of hydrogen-bond acceptors (Lipinski definition) is 3. The Labute approximate surface area is 182 Å².